The molecule has 186 valence electrons. The summed E-state index contributed by atoms with van der Waals surface area (Å²) in [5.74, 6) is 3.13. The number of carbonyl (C=O) groups is 3. The molecular formula is C25H32N5O5+. The highest BCUT2D eigenvalue weighted by molar-refractivity contribution is 6.26. The van der Waals surface area contributed by atoms with Crippen molar-refractivity contribution in [1.82, 2.24) is 15.1 Å². The average Bonchev–Trinajstić information content (AvgIpc) is 2.90. The number of benzene rings is 2. The number of methoxy groups -OCH3 is 1. The molecule has 2 aromatic rings. The molecule has 0 unspecified atom stereocenters. The first-order valence-corrected chi connectivity index (χ1v) is 11.3. The number of rotatable bonds is 6. The van der Waals surface area contributed by atoms with Crippen LogP contribution in [0.4, 0.5) is 0 Å². The van der Waals surface area contributed by atoms with Crippen LogP contribution < -0.4 is 21.7 Å². The van der Waals surface area contributed by atoms with E-state index < -0.39 is 0 Å². The number of nitrogens with one attached hydrogen (secondary N) is 1. The normalized spacial score (nSPS) is 15.8. The van der Waals surface area contributed by atoms with Crippen LogP contribution >= 0.6 is 0 Å². The molecule has 2 aromatic carbocycles. The number of Topliss-reactive ketones (excluding diaryl/α,β-unsaturated/α-hetero) is 2. The Morgan fingerprint density at radius 1 is 0.971 bits per heavy atom. The van der Waals surface area contributed by atoms with Crippen molar-refractivity contribution in [3.05, 3.63) is 76.6 Å². The molecule has 10 heteroatoms. The zero-order valence-electron chi connectivity index (χ0n) is 20.1. The molecule has 2 aliphatic rings. The monoisotopic (exact) mass is 482 g/mol. The van der Waals surface area contributed by atoms with E-state index in [4.69, 9.17) is 10.5 Å². The number of nitrogens with zero attached hydrogens (tertiary/aromatic N) is 2. The van der Waals surface area contributed by atoms with Gasteiger partial charge in [-0.25, -0.2) is 10.7 Å². The zero-order chi connectivity index (χ0) is 25.4. The topological polar surface area (TPSA) is 142 Å². The van der Waals surface area contributed by atoms with E-state index in [0.29, 0.717) is 42.9 Å². The van der Waals surface area contributed by atoms with E-state index in [1.54, 1.807) is 55.6 Å². The number of allylic oxidation sites excluding steroid dienone is 2. The van der Waals surface area contributed by atoms with Crippen LogP contribution in [0.25, 0.3) is 0 Å². The van der Waals surface area contributed by atoms with Crippen LogP contribution in [0.2, 0.25) is 0 Å². The molecule has 1 fully saturated rings. The maximum absolute atomic E-state index is 12.7. The van der Waals surface area contributed by atoms with Crippen molar-refractivity contribution in [3.8, 4) is 5.75 Å². The minimum absolute atomic E-state index is 0.00772. The van der Waals surface area contributed by atoms with Gasteiger partial charge in [0.15, 0.2) is 0 Å². The molecule has 0 saturated carbocycles. The summed E-state index contributed by atoms with van der Waals surface area (Å²) in [6.07, 6.45) is 0. The van der Waals surface area contributed by atoms with E-state index in [9.17, 15) is 14.4 Å². The Morgan fingerprint density at radius 2 is 1.54 bits per heavy atom. The van der Waals surface area contributed by atoms with Crippen LogP contribution in [-0.4, -0.2) is 80.8 Å². The van der Waals surface area contributed by atoms with Gasteiger partial charge >= 0.3 is 0 Å². The van der Waals surface area contributed by atoms with Gasteiger partial charge in [-0.1, -0.05) is 24.3 Å². The van der Waals surface area contributed by atoms with E-state index in [1.165, 1.54) is 7.11 Å². The van der Waals surface area contributed by atoms with Gasteiger partial charge in [0.1, 0.15) is 17.1 Å². The van der Waals surface area contributed by atoms with Gasteiger partial charge in [-0.15, -0.1) is 0 Å². The highest BCUT2D eigenvalue weighted by Gasteiger charge is 2.30. The standard InChI is InChI=1S/C24H26N4O4.CH6NO/c1-32-17-8-6-16(7-9-17)24(31)28-14-12-27(13-15-28)11-10-26-21-20(25)22(29)18-4-2-3-5-19(18)23(21)30;1-3-2/h2-9,26H,10-15,25H2,1H3;1-2H3/q;+1. The van der Waals surface area contributed by atoms with Crippen molar-refractivity contribution in [3.63, 3.8) is 0 Å². The summed E-state index contributed by atoms with van der Waals surface area (Å²) in [6, 6.07) is 13.8. The number of carbonyl (C=O) groups excluding carboxylic acids is 3. The lowest BCUT2D eigenvalue weighted by molar-refractivity contribution is -0.679. The maximum Gasteiger partial charge on any atom is 0.253 e. The van der Waals surface area contributed by atoms with Crippen LogP contribution in [0.1, 0.15) is 31.1 Å². The average molecular weight is 483 g/mol. The Labute approximate surface area is 204 Å². The van der Waals surface area contributed by atoms with E-state index in [0.717, 1.165) is 18.8 Å². The highest BCUT2D eigenvalue weighted by atomic mass is 16.6. The lowest BCUT2D eigenvalue weighted by atomic mass is 9.90. The van der Waals surface area contributed by atoms with E-state index in [2.05, 4.69) is 21.0 Å². The van der Waals surface area contributed by atoms with E-state index in [1.807, 2.05) is 4.90 Å². The molecule has 35 heavy (non-hydrogen) atoms. The Morgan fingerprint density at radius 3 is 2.11 bits per heavy atom. The molecule has 1 aliphatic carbocycles. The fraction of sp³-hybridized carbons (Fsp3) is 0.320. The van der Waals surface area contributed by atoms with Crippen LogP contribution in [0.5, 0.6) is 5.75 Å². The molecule has 0 atom stereocenters. The molecule has 0 aromatic heterocycles. The van der Waals surface area contributed by atoms with Crippen LogP contribution in [0.15, 0.2) is 59.9 Å². The third kappa shape index (κ3) is 6.04. The lowest BCUT2D eigenvalue weighted by Crippen LogP contribution is -2.50. The Kier molecular flexibility index (Phi) is 8.96. The lowest BCUT2D eigenvalue weighted by Gasteiger charge is -2.35. The van der Waals surface area contributed by atoms with Crippen molar-refractivity contribution in [2.24, 2.45) is 5.73 Å². The molecule has 0 radical (unpaired) electrons. The summed E-state index contributed by atoms with van der Waals surface area (Å²) >= 11 is 0. The number of hydrogen-bond acceptors (Lipinski definition) is 8. The number of amides is 1. The Bertz CT molecular complexity index is 1090. The Hall–Kier alpha value is -3.73. The molecule has 0 spiro atoms. The van der Waals surface area contributed by atoms with Crippen molar-refractivity contribution < 1.29 is 29.9 Å². The molecule has 6 N–H and O–H groups in total. The first kappa shape index (κ1) is 25.9. The molecule has 0 bridgehead atoms. The van der Waals surface area contributed by atoms with Gasteiger partial charge in [0.25, 0.3) is 5.91 Å². The molecule has 4 rings (SSSR count). The number of fused-ring (bicyclic) bond motifs is 1. The second kappa shape index (κ2) is 12.1. The zero-order valence-corrected chi connectivity index (χ0v) is 20.1. The van der Waals surface area contributed by atoms with Crippen LogP contribution in [0.3, 0.4) is 0 Å². The first-order valence-electron chi connectivity index (χ1n) is 11.3. The number of ketones is 2. The van der Waals surface area contributed by atoms with Crippen molar-refractivity contribution >= 4 is 17.5 Å². The van der Waals surface area contributed by atoms with Gasteiger partial charge in [-0.3, -0.25) is 19.3 Å². The summed E-state index contributed by atoms with van der Waals surface area (Å²) in [5.41, 5.74) is 7.45. The summed E-state index contributed by atoms with van der Waals surface area (Å²) in [6.45, 7) is 3.86. The number of hydrogen-bond donors (Lipinski definition) is 3. The number of ether oxygens (including phenoxy) is 1. The van der Waals surface area contributed by atoms with Gasteiger partial charge in [0, 0.05) is 56.0 Å². The fourth-order valence-electron chi connectivity index (χ4n) is 4.00. The van der Waals surface area contributed by atoms with Gasteiger partial charge < -0.3 is 20.7 Å². The highest BCUT2D eigenvalue weighted by Crippen LogP contribution is 2.22. The fourth-order valence-corrected chi connectivity index (χ4v) is 4.00. The smallest absolute Gasteiger partial charge is 0.253 e. The molecular weight excluding hydrogens is 450 g/mol. The second-order valence-electron chi connectivity index (χ2n) is 8.07. The summed E-state index contributed by atoms with van der Waals surface area (Å²) in [7, 11) is 3.11. The summed E-state index contributed by atoms with van der Waals surface area (Å²) in [5, 5.41) is 3.06. The Balaban J connectivity index is 0.00000108. The van der Waals surface area contributed by atoms with Gasteiger partial charge in [-0.05, 0) is 24.3 Å². The largest absolute Gasteiger partial charge is 0.497 e. The minimum atomic E-state index is -0.326. The van der Waals surface area contributed by atoms with Crippen LogP contribution in [-0.2, 0) is 4.84 Å². The maximum atomic E-state index is 12.7. The SMILES string of the molecule is CO[NH3+].COc1ccc(C(=O)N2CCN(CCNC3=C(N)C(=O)c4ccccc4C3=O)CC2)cc1. The third-order valence-electron chi connectivity index (χ3n) is 5.88. The molecule has 1 aliphatic heterocycles. The number of nitrogens with two attached hydrogens (primary N) is 1. The van der Waals surface area contributed by atoms with E-state index in [-0.39, 0.29) is 28.9 Å². The van der Waals surface area contributed by atoms with E-state index >= 15 is 0 Å². The van der Waals surface area contributed by atoms with Crippen molar-refractivity contribution in [2.75, 3.05) is 53.5 Å². The summed E-state index contributed by atoms with van der Waals surface area (Å²) < 4.78 is 5.14. The molecule has 1 heterocycles. The number of piperazine rings is 1. The van der Waals surface area contributed by atoms with Crippen molar-refractivity contribution in [1.29, 1.82) is 0 Å². The minimum Gasteiger partial charge on any atom is -0.497 e. The second-order valence-corrected chi connectivity index (χ2v) is 8.07. The first-order chi connectivity index (χ1) is 16.9. The quantitative estimate of drug-likeness (QED) is 0.492. The van der Waals surface area contributed by atoms with Crippen molar-refractivity contribution in [2.45, 2.75) is 0 Å². The van der Waals surface area contributed by atoms with Gasteiger partial charge in [0.05, 0.1) is 14.2 Å². The molecule has 1 amide bonds. The third-order valence-corrected chi connectivity index (χ3v) is 5.88. The van der Waals surface area contributed by atoms with Crippen LogP contribution in [0, 0.1) is 0 Å². The number of quaternary nitrogens is 1. The molecule has 10 nitrogen and oxygen atoms in total. The van der Waals surface area contributed by atoms with Gasteiger partial charge in [0.2, 0.25) is 11.6 Å². The molecule has 1 saturated heterocycles. The predicted molar refractivity (Wildman–Crippen MR) is 130 cm³/mol. The van der Waals surface area contributed by atoms with Gasteiger partial charge in [-0.2, -0.15) is 0 Å². The summed E-state index contributed by atoms with van der Waals surface area (Å²) in [4.78, 5) is 45.9. The predicted octanol–water partition coefficient (Wildman–Crippen LogP) is 0.0818.